The van der Waals surface area contributed by atoms with Crippen LogP contribution in [-0.4, -0.2) is 23.5 Å². The Bertz CT molecular complexity index is 172. The van der Waals surface area contributed by atoms with Gasteiger partial charge in [0.1, 0.15) is 0 Å². The van der Waals surface area contributed by atoms with E-state index < -0.39 is 0 Å². The minimum atomic E-state index is 0.513. The van der Waals surface area contributed by atoms with E-state index in [9.17, 15) is 0 Å². The molecule has 1 heterocycles. The maximum atomic E-state index is 2.77. The average molecular weight is 225 g/mol. The molecule has 0 saturated carbocycles. The maximum Gasteiger partial charge on any atom is 0.0181 e. The third-order valence-corrected chi connectivity index (χ3v) is 4.23. The zero-order valence-electron chi connectivity index (χ0n) is 11.7. The standard InChI is InChI=1S/C15H31N/c1-4-6-7-8-12-15(3,11-5-2)16-13-9-10-14-16/h4-14H2,1-3H3. The number of rotatable bonds is 8. The summed E-state index contributed by atoms with van der Waals surface area (Å²) in [7, 11) is 0. The van der Waals surface area contributed by atoms with Crippen LogP contribution < -0.4 is 0 Å². The second-order valence-electron chi connectivity index (χ2n) is 5.75. The zero-order valence-corrected chi connectivity index (χ0v) is 11.7. The molecule has 0 bridgehead atoms. The van der Waals surface area contributed by atoms with E-state index in [1.54, 1.807) is 0 Å². The lowest BCUT2D eigenvalue weighted by atomic mass is 9.88. The first-order valence-corrected chi connectivity index (χ1v) is 7.48. The molecule has 1 rings (SSSR count). The molecule has 0 aromatic rings. The van der Waals surface area contributed by atoms with Crippen molar-refractivity contribution in [3.05, 3.63) is 0 Å². The molecule has 0 amide bonds. The lowest BCUT2D eigenvalue weighted by Gasteiger charge is -2.39. The van der Waals surface area contributed by atoms with Crippen molar-refractivity contribution in [2.45, 2.75) is 84.1 Å². The SMILES string of the molecule is CCCCCCC(C)(CCC)N1CCCC1. The molecule has 0 radical (unpaired) electrons. The van der Waals surface area contributed by atoms with Crippen LogP contribution in [0.25, 0.3) is 0 Å². The van der Waals surface area contributed by atoms with E-state index >= 15 is 0 Å². The van der Waals surface area contributed by atoms with E-state index in [-0.39, 0.29) is 0 Å². The first-order chi connectivity index (χ1) is 7.73. The number of nitrogens with zero attached hydrogens (tertiary/aromatic N) is 1. The molecule has 96 valence electrons. The normalized spacial score (nSPS) is 21.2. The largest absolute Gasteiger partial charge is 0.298 e. The molecule has 0 aromatic carbocycles. The van der Waals surface area contributed by atoms with Crippen LogP contribution in [0.15, 0.2) is 0 Å². The van der Waals surface area contributed by atoms with Gasteiger partial charge in [-0.1, -0.05) is 46.0 Å². The van der Waals surface area contributed by atoms with Crippen molar-refractivity contribution in [2.75, 3.05) is 13.1 Å². The molecule has 1 aliphatic heterocycles. The molecule has 16 heavy (non-hydrogen) atoms. The number of hydrogen-bond acceptors (Lipinski definition) is 1. The Morgan fingerprint density at radius 2 is 1.56 bits per heavy atom. The van der Waals surface area contributed by atoms with Crippen molar-refractivity contribution < 1.29 is 0 Å². The average Bonchev–Trinajstić information content (AvgIpc) is 2.79. The minimum absolute atomic E-state index is 0.513. The van der Waals surface area contributed by atoms with Gasteiger partial charge in [0.15, 0.2) is 0 Å². The summed E-state index contributed by atoms with van der Waals surface area (Å²) in [5.74, 6) is 0. The van der Waals surface area contributed by atoms with Gasteiger partial charge in [0.25, 0.3) is 0 Å². The van der Waals surface area contributed by atoms with Gasteiger partial charge in [0.05, 0.1) is 0 Å². The Morgan fingerprint density at radius 3 is 2.12 bits per heavy atom. The summed E-state index contributed by atoms with van der Waals surface area (Å²) in [5.41, 5.74) is 0.513. The third kappa shape index (κ3) is 4.08. The molecule has 0 spiro atoms. The summed E-state index contributed by atoms with van der Waals surface area (Å²) < 4.78 is 0. The molecule has 0 aliphatic carbocycles. The molecular weight excluding hydrogens is 194 g/mol. The van der Waals surface area contributed by atoms with E-state index in [4.69, 9.17) is 0 Å². The van der Waals surface area contributed by atoms with Gasteiger partial charge in [-0.05, 0) is 45.7 Å². The molecule has 1 nitrogen and oxygen atoms in total. The molecule has 1 fully saturated rings. The summed E-state index contributed by atoms with van der Waals surface area (Å²) in [6.45, 7) is 9.84. The van der Waals surface area contributed by atoms with Crippen LogP contribution in [0.2, 0.25) is 0 Å². The quantitative estimate of drug-likeness (QED) is 0.545. The van der Waals surface area contributed by atoms with E-state index in [1.165, 1.54) is 70.9 Å². The molecule has 1 atom stereocenters. The van der Waals surface area contributed by atoms with Gasteiger partial charge < -0.3 is 0 Å². The van der Waals surface area contributed by atoms with Crippen LogP contribution in [0.3, 0.4) is 0 Å². The smallest absolute Gasteiger partial charge is 0.0181 e. The third-order valence-electron chi connectivity index (χ3n) is 4.23. The molecule has 1 heteroatoms. The van der Waals surface area contributed by atoms with Crippen molar-refractivity contribution in [3.8, 4) is 0 Å². The van der Waals surface area contributed by atoms with Gasteiger partial charge in [-0.25, -0.2) is 0 Å². The fourth-order valence-corrected chi connectivity index (χ4v) is 3.17. The highest BCUT2D eigenvalue weighted by molar-refractivity contribution is 4.88. The second kappa shape index (κ2) is 7.32. The van der Waals surface area contributed by atoms with Crippen molar-refractivity contribution in [2.24, 2.45) is 0 Å². The fourth-order valence-electron chi connectivity index (χ4n) is 3.17. The van der Waals surface area contributed by atoms with E-state index in [0.29, 0.717) is 5.54 Å². The van der Waals surface area contributed by atoms with E-state index in [0.717, 1.165) is 0 Å². The lowest BCUT2D eigenvalue weighted by molar-refractivity contribution is 0.110. The monoisotopic (exact) mass is 225 g/mol. The van der Waals surface area contributed by atoms with Crippen molar-refractivity contribution in [1.82, 2.24) is 4.90 Å². The van der Waals surface area contributed by atoms with Gasteiger partial charge in [-0.3, -0.25) is 4.90 Å². The van der Waals surface area contributed by atoms with Crippen LogP contribution in [0.4, 0.5) is 0 Å². The predicted molar refractivity (Wildman–Crippen MR) is 72.9 cm³/mol. The highest BCUT2D eigenvalue weighted by Gasteiger charge is 2.31. The van der Waals surface area contributed by atoms with Gasteiger partial charge in [0, 0.05) is 5.54 Å². The zero-order chi connectivity index (χ0) is 11.9. The van der Waals surface area contributed by atoms with Crippen molar-refractivity contribution in [1.29, 1.82) is 0 Å². The Morgan fingerprint density at radius 1 is 0.875 bits per heavy atom. The van der Waals surface area contributed by atoms with Gasteiger partial charge in [-0.15, -0.1) is 0 Å². The molecule has 1 unspecified atom stereocenters. The van der Waals surface area contributed by atoms with Crippen molar-refractivity contribution >= 4 is 0 Å². The highest BCUT2D eigenvalue weighted by atomic mass is 15.2. The summed E-state index contributed by atoms with van der Waals surface area (Å²) in [6.07, 6.45) is 12.6. The molecule has 1 saturated heterocycles. The molecule has 0 aromatic heterocycles. The second-order valence-corrected chi connectivity index (χ2v) is 5.75. The Balaban J connectivity index is 2.37. The number of hydrogen-bond donors (Lipinski definition) is 0. The van der Waals surface area contributed by atoms with E-state index in [2.05, 4.69) is 25.7 Å². The van der Waals surface area contributed by atoms with Crippen LogP contribution in [0.5, 0.6) is 0 Å². The van der Waals surface area contributed by atoms with Crippen LogP contribution in [0, 0.1) is 0 Å². The number of unbranched alkanes of at least 4 members (excludes halogenated alkanes) is 3. The number of likely N-dealkylation sites (tertiary alicyclic amines) is 1. The Labute approximate surface area is 103 Å². The minimum Gasteiger partial charge on any atom is -0.298 e. The molecular formula is C15H31N. The topological polar surface area (TPSA) is 3.24 Å². The predicted octanol–water partition coefficient (Wildman–Crippen LogP) is 4.61. The van der Waals surface area contributed by atoms with E-state index in [1.807, 2.05) is 0 Å². The van der Waals surface area contributed by atoms with Crippen molar-refractivity contribution in [3.63, 3.8) is 0 Å². The maximum absolute atomic E-state index is 2.77. The van der Waals surface area contributed by atoms with Gasteiger partial charge in [0.2, 0.25) is 0 Å². The Hall–Kier alpha value is -0.0400. The summed E-state index contributed by atoms with van der Waals surface area (Å²) in [5, 5.41) is 0. The molecule has 0 N–H and O–H groups in total. The fraction of sp³-hybridized carbons (Fsp3) is 1.00. The first-order valence-electron chi connectivity index (χ1n) is 7.48. The van der Waals surface area contributed by atoms with Crippen LogP contribution in [-0.2, 0) is 0 Å². The molecule has 1 aliphatic rings. The Kier molecular flexibility index (Phi) is 6.41. The van der Waals surface area contributed by atoms with Gasteiger partial charge >= 0.3 is 0 Å². The summed E-state index contributed by atoms with van der Waals surface area (Å²) in [4.78, 5) is 2.77. The summed E-state index contributed by atoms with van der Waals surface area (Å²) >= 11 is 0. The highest BCUT2D eigenvalue weighted by Crippen LogP contribution is 2.31. The van der Waals surface area contributed by atoms with Gasteiger partial charge in [-0.2, -0.15) is 0 Å². The summed E-state index contributed by atoms with van der Waals surface area (Å²) in [6, 6.07) is 0. The first kappa shape index (κ1) is 14.0. The lowest BCUT2D eigenvalue weighted by Crippen LogP contribution is -2.44. The van der Waals surface area contributed by atoms with Crippen LogP contribution >= 0.6 is 0 Å². The van der Waals surface area contributed by atoms with Crippen LogP contribution in [0.1, 0.15) is 78.6 Å².